The van der Waals surface area contributed by atoms with E-state index in [1.807, 2.05) is 15.7 Å². The van der Waals surface area contributed by atoms with E-state index in [2.05, 4.69) is 42.0 Å². The highest BCUT2D eigenvalue weighted by atomic mass is 16.2. The van der Waals surface area contributed by atoms with Gasteiger partial charge in [0.05, 0.1) is 17.4 Å². The van der Waals surface area contributed by atoms with Crippen LogP contribution in [-0.4, -0.2) is 43.4 Å². The molecule has 6 heteroatoms. The second-order valence-electron chi connectivity index (χ2n) is 7.31. The van der Waals surface area contributed by atoms with Gasteiger partial charge >= 0.3 is 0 Å². The molecule has 0 saturated carbocycles. The molecular weight excluding hydrogens is 326 g/mol. The SMILES string of the molecule is Cc1cccc2[nH]c(C3CCN(C(=O)C[C@H](C)n4ccnc4)CC3)nc12. The molecule has 1 fully saturated rings. The molecule has 0 radical (unpaired) electrons. The van der Waals surface area contributed by atoms with E-state index in [-0.39, 0.29) is 11.9 Å². The van der Waals surface area contributed by atoms with Crippen molar-refractivity contribution in [3.8, 4) is 0 Å². The molecule has 1 aliphatic rings. The lowest BCUT2D eigenvalue weighted by Gasteiger charge is -2.32. The molecule has 4 rings (SSSR count). The summed E-state index contributed by atoms with van der Waals surface area (Å²) < 4.78 is 1.99. The number of imidazole rings is 2. The number of nitrogens with zero attached hydrogens (tertiary/aromatic N) is 4. The van der Waals surface area contributed by atoms with Crippen molar-refractivity contribution in [1.29, 1.82) is 0 Å². The lowest BCUT2D eigenvalue weighted by Crippen LogP contribution is -2.38. The number of carbonyl (C=O) groups is 1. The molecule has 1 atom stereocenters. The number of benzene rings is 1. The largest absolute Gasteiger partial charge is 0.343 e. The molecule has 6 nitrogen and oxygen atoms in total. The maximum atomic E-state index is 12.6. The van der Waals surface area contributed by atoms with Gasteiger partial charge in [-0.25, -0.2) is 9.97 Å². The maximum absolute atomic E-state index is 12.6. The fourth-order valence-electron chi connectivity index (χ4n) is 3.81. The number of piperidine rings is 1. The molecule has 1 amide bonds. The van der Waals surface area contributed by atoms with Crippen molar-refractivity contribution < 1.29 is 4.79 Å². The molecule has 3 aromatic rings. The van der Waals surface area contributed by atoms with Crippen LogP contribution in [0.1, 0.15) is 49.5 Å². The van der Waals surface area contributed by atoms with Crippen LogP contribution in [0.2, 0.25) is 0 Å². The van der Waals surface area contributed by atoms with Crippen molar-refractivity contribution in [3.05, 3.63) is 48.3 Å². The van der Waals surface area contributed by atoms with Crippen LogP contribution in [0.4, 0.5) is 0 Å². The first-order chi connectivity index (χ1) is 12.6. The van der Waals surface area contributed by atoms with Gasteiger partial charge in [0.25, 0.3) is 0 Å². The molecule has 0 unspecified atom stereocenters. The van der Waals surface area contributed by atoms with E-state index >= 15 is 0 Å². The maximum Gasteiger partial charge on any atom is 0.224 e. The molecule has 1 aliphatic heterocycles. The van der Waals surface area contributed by atoms with Crippen molar-refractivity contribution in [3.63, 3.8) is 0 Å². The fraction of sp³-hybridized carbons (Fsp3) is 0.450. The van der Waals surface area contributed by atoms with Crippen LogP contribution in [0.5, 0.6) is 0 Å². The summed E-state index contributed by atoms with van der Waals surface area (Å²) in [5.74, 6) is 1.69. The number of fused-ring (bicyclic) bond motifs is 1. The Bertz CT molecular complexity index is 890. The number of aromatic nitrogens is 4. The Morgan fingerprint density at radius 3 is 2.85 bits per heavy atom. The number of carbonyl (C=O) groups excluding carboxylic acids is 1. The minimum absolute atomic E-state index is 0.140. The zero-order valence-corrected chi connectivity index (χ0v) is 15.4. The van der Waals surface area contributed by atoms with E-state index in [0.29, 0.717) is 12.3 Å². The number of likely N-dealkylation sites (tertiary alicyclic amines) is 1. The average molecular weight is 351 g/mol. The first-order valence-corrected chi connectivity index (χ1v) is 9.32. The summed E-state index contributed by atoms with van der Waals surface area (Å²) in [6, 6.07) is 6.37. The van der Waals surface area contributed by atoms with Crippen LogP contribution in [-0.2, 0) is 4.79 Å². The smallest absolute Gasteiger partial charge is 0.224 e. The molecule has 136 valence electrons. The number of rotatable bonds is 4. The summed E-state index contributed by atoms with van der Waals surface area (Å²) in [6.45, 7) is 5.76. The first-order valence-electron chi connectivity index (χ1n) is 9.32. The van der Waals surface area contributed by atoms with Crippen LogP contribution in [0.3, 0.4) is 0 Å². The number of aromatic amines is 1. The summed E-state index contributed by atoms with van der Waals surface area (Å²) in [5.41, 5.74) is 3.37. The van der Waals surface area contributed by atoms with Gasteiger partial charge in [0, 0.05) is 43.9 Å². The molecular formula is C20H25N5O. The van der Waals surface area contributed by atoms with Gasteiger partial charge in [0.15, 0.2) is 0 Å². The van der Waals surface area contributed by atoms with Gasteiger partial charge in [0.1, 0.15) is 5.82 Å². The zero-order valence-electron chi connectivity index (χ0n) is 15.4. The van der Waals surface area contributed by atoms with Crippen LogP contribution >= 0.6 is 0 Å². The van der Waals surface area contributed by atoms with Crippen LogP contribution in [0.25, 0.3) is 11.0 Å². The Morgan fingerprint density at radius 1 is 1.35 bits per heavy atom. The predicted molar refractivity (Wildman–Crippen MR) is 101 cm³/mol. The Labute approximate surface area is 153 Å². The molecule has 0 aliphatic carbocycles. The number of nitrogens with one attached hydrogen (secondary N) is 1. The highest BCUT2D eigenvalue weighted by Gasteiger charge is 2.26. The van der Waals surface area contributed by atoms with Crippen LogP contribution in [0, 0.1) is 6.92 Å². The molecule has 3 heterocycles. The highest BCUT2D eigenvalue weighted by molar-refractivity contribution is 5.78. The minimum atomic E-state index is 0.140. The fourth-order valence-corrected chi connectivity index (χ4v) is 3.81. The number of H-pyrrole nitrogens is 1. The van der Waals surface area contributed by atoms with Gasteiger partial charge in [0.2, 0.25) is 5.91 Å². The summed E-state index contributed by atoms with van der Waals surface area (Å²) in [5, 5.41) is 0. The van der Waals surface area contributed by atoms with Crippen LogP contribution < -0.4 is 0 Å². The van der Waals surface area contributed by atoms with E-state index in [0.717, 1.165) is 42.8 Å². The van der Waals surface area contributed by atoms with E-state index in [9.17, 15) is 4.79 Å². The van der Waals surface area contributed by atoms with E-state index in [4.69, 9.17) is 4.98 Å². The van der Waals surface area contributed by atoms with E-state index < -0.39 is 0 Å². The van der Waals surface area contributed by atoms with Crippen molar-refractivity contribution in [2.75, 3.05) is 13.1 Å². The lowest BCUT2D eigenvalue weighted by atomic mass is 9.95. The summed E-state index contributed by atoms with van der Waals surface area (Å²) in [7, 11) is 0. The monoisotopic (exact) mass is 351 g/mol. The molecule has 2 aromatic heterocycles. The third kappa shape index (κ3) is 3.23. The molecule has 0 bridgehead atoms. The van der Waals surface area contributed by atoms with Crippen molar-refractivity contribution in [2.24, 2.45) is 0 Å². The van der Waals surface area contributed by atoms with Gasteiger partial charge in [-0.3, -0.25) is 4.79 Å². The zero-order chi connectivity index (χ0) is 18.1. The summed E-state index contributed by atoms with van der Waals surface area (Å²) >= 11 is 0. The quantitative estimate of drug-likeness (QED) is 0.783. The number of para-hydroxylation sites is 1. The highest BCUT2D eigenvalue weighted by Crippen LogP contribution is 2.29. The standard InChI is InChI=1S/C20H25N5O/c1-14-4-3-5-17-19(14)23-20(22-17)16-6-9-24(10-7-16)18(26)12-15(2)25-11-8-21-13-25/h3-5,8,11,13,15-16H,6-7,9-10,12H2,1-2H3,(H,22,23)/t15-/m0/s1. The normalized spacial score (nSPS) is 16.9. The van der Waals surface area contributed by atoms with Gasteiger partial charge < -0.3 is 14.5 Å². The minimum Gasteiger partial charge on any atom is -0.343 e. The lowest BCUT2D eigenvalue weighted by molar-refractivity contribution is -0.133. The van der Waals surface area contributed by atoms with Crippen molar-refractivity contribution in [2.45, 2.75) is 45.1 Å². The third-order valence-electron chi connectivity index (χ3n) is 5.47. The Kier molecular flexibility index (Phi) is 4.49. The molecule has 1 aromatic carbocycles. The summed E-state index contributed by atoms with van der Waals surface area (Å²) in [6.07, 6.45) is 7.88. The van der Waals surface area contributed by atoms with Crippen LogP contribution in [0.15, 0.2) is 36.9 Å². The van der Waals surface area contributed by atoms with E-state index in [1.165, 1.54) is 5.56 Å². The Hall–Kier alpha value is -2.63. The third-order valence-corrected chi connectivity index (χ3v) is 5.47. The van der Waals surface area contributed by atoms with Gasteiger partial charge in [-0.1, -0.05) is 12.1 Å². The van der Waals surface area contributed by atoms with Gasteiger partial charge in [-0.2, -0.15) is 0 Å². The molecule has 0 spiro atoms. The first kappa shape index (κ1) is 16.8. The molecule has 1 saturated heterocycles. The number of hydrogen-bond acceptors (Lipinski definition) is 3. The van der Waals surface area contributed by atoms with Crippen molar-refractivity contribution >= 4 is 16.9 Å². The summed E-state index contributed by atoms with van der Waals surface area (Å²) in [4.78, 5) is 27.0. The number of amides is 1. The molecule has 1 N–H and O–H groups in total. The second-order valence-corrected chi connectivity index (χ2v) is 7.31. The molecule has 26 heavy (non-hydrogen) atoms. The number of hydrogen-bond donors (Lipinski definition) is 1. The van der Waals surface area contributed by atoms with Gasteiger partial charge in [-0.05, 0) is 38.3 Å². The topological polar surface area (TPSA) is 66.8 Å². The average Bonchev–Trinajstić information content (AvgIpc) is 3.32. The second kappa shape index (κ2) is 6.94. The van der Waals surface area contributed by atoms with E-state index in [1.54, 1.807) is 12.5 Å². The van der Waals surface area contributed by atoms with Crippen molar-refractivity contribution in [1.82, 2.24) is 24.4 Å². The Morgan fingerprint density at radius 2 is 2.15 bits per heavy atom. The number of aryl methyl sites for hydroxylation is 1. The predicted octanol–water partition coefficient (Wildman–Crippen LogP) is 3.43. The Balaban J connectivity index is 1.37. The van der Waals surface area contributed by atoms with Gasteiger partial charge in [-0.15, -0.1) is 0 Å².